The summed E-state index contributed by atoms with van der Waals surface area (Å²) < 4.78 is 48.5. The Morgan fingerprint density at radius 3 is 2.50 bits per heavy atom. The Hall–Kier alpha value is -2.22. The molecule has 1 unspecified atom stereocenters. The number of rotatable bonds is 6. The molecule has 1 N–H and O–H groups in total. The van der Waals surface area contributed by atoms with Crippen LogP contribution in [0.2, 0.25) is 0 Å². The third-order valence-electron chi connectivity index (χ3n) is 2.93. The predicted octanol–water partition coefficient (Wildman–Crippen LogP) is 4.60. The summed E-state index contributed by atoms with van der Waals surface area (Å²) in [6.45, 7) is -1.61. The van der Waals surface area contributed by atoms with Crippen LogP contribution in [0.4, 0.5) is 18.9 Å². The number of alkyl halides is 2. The van der Waals surface area contributed by atoms with E-state index in [1.807, 2.05) is 0 Å². The van der Waals surface area contributed by atoms with Gasteiger partial charge in [0.1, 0.15) is 5.75 Å². The van der Waals surface area contributed by atoms with Crippen molar-refractivity contribution >= 4 is 27.5 Å². The summed E-state index contributed by atoms with van der Waals surface area (Å²) in [6, 6.07) is 9.88. The van der Waals surface area contributed by atoms with Gasteiger partial charge in [0.05, 0.1) is 5.69 Å². The summed E-state index contributed by atoms with van der Waals surface area (Å²) in [4.78, 5) is 12.1. The number of anilines is 1. The Balaban J connectivity index is 2.06. The van der Waals surface area contributed by atoms with E-state index in [4.69, 9.17) is 4.74 Å². The summed E-state index contributed by atoms with van der Waals surface area (Å²) in [5.74, 6) is -1.55. The lowest BCUT2D eigenvalue weighted by Gasteiger charge is -2.17. The number of para-hydroxylation sites is 2. The second-order valence-electron chi connectivity index (χ2n) is 4.70. The fourth-order valence-electron chi connectivity index (χ4n) is 1.82. The van der Waals surface area contributed by atoms with Crippen molar-refractivity contribution in [3.8, 4) is 11.5 Å². The Morgan fingerprint density at radius 1 is 1.12 bits per heavy atom. The zero-order valence-corrected chi connectivity index (χ0v) is 14.0. The second-order valence-corrected chi connectivity index (χ2v) is 5.61. The highest BCUT2D eigenvalue weighted by atomic mass is 79.9. The molecule has 0 aliphatic carbocycles. The Labute approximate surface area is 144 Å². The fraction of sp³-hybridized carbons (Fsp3) is 0.188. The van der Waals surface area contributed by atoms with Gasteiger partial charge >= 0.3 is 6.61 Å². The maximum Gasteiger partial charge on any atom is 0.387 e. The van der Waals surface area contributed by atoms with E-state index in [1.165, 1.54) is 37.3 Å². The van der Waals surface area contributed by atoms with Gasteiger partial charge in [0.15, 0.2) is 17.7 Å². The van der Waals surface area contributed by atoms with Gasteiger partial charge < -0.3 is 14.8 Å². The number of benzene rings is 2. The Kier molecular flexibility index (Phi) is 6.08. The van der Waals surface area contributed by atoms with Gasteiger partial charge in [0.2, 0.25) is 0 Å². The van der Waals surface area contributed by atoms with Gasteiger partial charge in [-0.25, -0.2) is 4.39 Å². The molecular weight excluding hydrogens is 391 g/mol. The standard InChI is InChI=1S/C16H13BrF3NO3/c1-9(23-13-7-6-10(17)8-11(13)18)15(22)21-12-4-2-3-5-14(12)24-16(19)20/h2-9,16H,1H3,(H,21,22). The van der Waals surface area contributed by atoms with Crippen LogP contribution in [0.15, 0.2) is 46.9 Å². The lowest BCUT2D eigenvalue weighted by Crippen LogP contribution is -2.30. The lowest BCUT2D eigenvalue weighted by molar-refractivity contribution is -0.122. The highest BCUT2D eigenvalue weighted by Gasteiger charge is 2.19. The van der Waals surface area contributed by atoms with E-state index in [2.05, 4.69) is 26.0 Å². The molecule has 2 aromatic carbocycles. The van der Waals surface area contributed by atoms with Crippen LogP contribution in [0.25, 0.3) is 0 Å². The quantitative estimate of drug-likeness (QED) is 0.766. The summed E-state index contributed by atoms with van der Waals surface area (Å²) in [5, 5.41) is 2.41. The molecule has 2 rings (SSSR count). The van der Waals surface area contributed by atoms with Gasteiger partial charge in [0.25, 0.3) is 5.91 Å². The van der Waals surface area contributed by atoms with Crippen molar-refractivity contribution in [2.45, 2.75) is 19.6 Å². The van der Waals surface area contributed by atoms with Crippen molar-refractivity contribution in [1.29, 1.82) is 0 Å². The minimum atomic E-state index is -3.02. The Morgan fingerprint density at radius 2 is 1.83 bits per heavy atom. The molecule has 0 aromatic heterocycles. The third-order valence-corrected chi connectivity index (χ3v) is 3.42. The summed E-state index contributed by atoms with van der Waals surface area (Å²) >= 11 is 3.11. The highest BCUT2D eigenvalue weighted by molar-refractivity contribution is 9.10. The van der Waals surface area contributed by atoms with Crippen LogP contribution < -0.4 is 14.8 Å². The number of carbonyl (C=O) groups is 1. The monoisotopic (exact) mass is 403 g/mol. The molecule has 0 heterocycles. The van der Waals surface area contributed by atoms with E-state index < -0.39 is 24.4 Å². The van der Waals surface area contributed by atoms with Crippen molar-refractivity contribution in [3.63, 3.8) is 0 Å². The first kappa shape index (κ1) is 18.1. The zero-order chi connectivity index (χ0) is 17.7. The van der Waals surface area contributed by atoms with Crippen LogP contribution in [-0.4, -0.2) is 18.6 Å². The van der Waals surface area contributed by atoms with Gasteiger partial charge in [-0.1, -0.05) is 28.1 Å². The molecule has 0 spiro atoms. The van der Waals surface area contributed by atoms with Gasteiger partial charge in [-0.3, -0.25) is 4.79 Å². The normalized spacial score (nSPS) is 11.9. The van der Waals surface area contributed by atoms with Gasteiger partial charge in [-0.2, -0.15) is 8.78 Å². The minimum absolute atomic E-state index is 0.0644. The van der Waals surface area contributed by atoms with E-state index in [9.17, 15) is 18.0 Å². The molecule has 0 aliphatic heterocycles. The molecule has 0 radical (unpaired) electrons. The third kappa shape index (κ3) is 4.89. The molecule has 128 valence electrons. The molecule has 0 saturated carbocycles. The zero-order valence-electron chi connectivity index (χ0n) is 12.4. The highest BCUT2D eigenvalue weighted by Crippen LogP contribution is 2.26. The summed E-state index contributed by atoms with van der Waals surface area (Å²) in [5.41, 5.74) is 0.0644. The van der Waals surface area contributed by atoms with Crippen LogP contribution in [-0.2, 0) is 4.79 Å². The van der Waals surface area contributed by atoms with Gasteiger partial charge in [0, 0.05) is 4.47 Å². The van der Waals surface area contributed by atoms with Crippen molar-refractivity contribution in [2.75, 3.05) is 5.32 Å². The average molecular weight is 404 g/mol. The smallest absolute Gasteiger partial charge is 0.387 e. The molecule has 8 heteroatoms. The molecule has 0 bridgehead atoms. The number of hydrogen-bond acceptors (Lipinski definition) is 3. The van der Waals surface area contributed by atoms with Crippen LogP contribution in [0.1, 0.15) is 6.92 Å². The molecule has 0 saturated heterocycles. The molecule has 24 heavy (non-hydrogen) atoms. The first-order valence-corrected chi connectivity index (χ1v) is 7.62. The van der Waals surface area contributed by atoms with E-state index >= 15 is 0 Å². The lowest BCUT2D eigenvalue weighted by atomic mass is 10.2. The van der Waals surface area contributed by atoms with Crippen molar-refractivity contribution < 1.29 is 27.4 Å². The Bertz CT molecular complexity index is 727. The fourth-order valence-corrected chi connectivity index (χ4v) is 2.15. The number of halogens is 4. The molecule has 2 aromatic rings. The van der Waals surface area contributed by atoms with Gasteiger partial charge in [-0.15, -0.1) is 0 Å². The van der Waals surface area contributed by atoms with Crippen molar-refractivity contribution in [1.82, 2.24) is 0 Å². The van der Waals surface area contributed by atoms with E-state index in [0.29, 0.717) is 4.47 Å². The molecule has 4 nitrogen and oxygen atoms in total. The molecule has 1 amide bonds. The summed E-state index contributed by atoms with van der Waals surface area (Å²) in [6.07, 6.45) is -1.06. The predicted molar refractivity (Wildman–Crippen MR) is 85.9 cm³/mol. The maximum absolute atomic E-state index is 13.7. The van der Waals surface area contributed by atoms with Crippen LogP contribution in [0.5, 0.6) is 11.5 Å². The largest absolute Gasteiger partial charge is 0.478 e. The minimum Gasteiger partial charge on any atom is -0.478 e. The topological polar surface area (TPSA) is 47.6 Å². The van der Waals surface area contributed by atoms with Crippen LogP contribution in [0.3, 0.4) is 0 Å². The second kappa shape index (κ2) is 8.05. The number of carbonyl (C=O) groups excluding carboxylic acids is 1. The molecular formula is C16H13BrF3NO3. The van der Waals surface area contributed by atoms with Crippen LogP contribution in [0, 0.1) is 5.82 Å². The van der Waals surface area contributed by atoms with E-state index in [-0.39, 0.29) is 17.2 Å². The number of ether oxygens (including phenoxy) is 2. The van der Waals surface area contributed by atoms with Crippen molar-refractivity contribution in [3.05, 3.63) is 52.8 Å². The average Bonchev–Trinajstić information content (AvgIpc) is 2.51. The van der Waals surface area contributed by atoms with Crippen LogP contribution >= 0.6 is 15.9 Å². The molecule has 0 fully saturated rings. The summed E-state index contributed by atoms with van der Waals surface area (Å²) in [7, 11) is 0. The number of hydrogen-bond donors (Lipinski definition) is 1. The maximum atomic E-state index is 13.7. The van der Waals surface area contributed by atoms with E-state index in [0.717, 1.165) is 0 Å². The molecule has 0 aliphatic rings. The number of nitrogens with one attached hydrogen (secondary N) is 1. The van der Waals surface area contributed by atoms with Gasteiger partial charge in [-0.05, 0) is 37.3 Å². The molecule has 1 atom stereocenters. The van der Waals surface area contributed by atoms with E-state index in [1.54, 1.807) is 12.1 Å². The SMILES string of the molecule is CC(Oc1ccc(Br)cc1F)C(=O)Nc1ccccc1OC(F)F. The van der Waals surface area contributed by atoms with Crippen molar-refractivity contribution in [2.24, 2.45) is 0 Å². The number of amides is 1. The first-order chi connectivity index (χ1) is 11.4. The first-order valence-electron chi connectivity index (χ1n) is 6.83.